The normalized spacial score (nSPS) is 10.5. The molecule has 0 fully saturated rings. The van der Waals surface area contributed by atoms with E-state index in [1.807, 2.05) is 62.4 Å². The average Bonchev–Trinajstić information content (AvgIpc) is 3.10. The molecule has 5 heteroatoms. The number of nitrogens with zero attached hydrogens (tertiary/aromatic N) is 3. The summed E-state index contributed by atoms with van der Waals surface area (Å²) in [6.07, 6.45) is 1.69. The van der Waals surface area contributed by atoms with Gasteiger partial charge in [-0.25, -0.2) is 0 Å². The molecule has 0 saturated carbocycles. The van der Waals surface area contributed by atoms with E-state index in [1.54, 1.807) is 11.0 Å². The molecule has 5 nitrogen and oxygen atoms in total. The molecule has 0 saturated heterocycles. The van der Waals surface area contributed by atoms with Gasteiger partial charge >= 0.3 is 0 Å². The van der Waals surface area contributed by atoms with E-state index in [-0.39, 0.29) is 12.5 Å². The molecule has 0 aliphatic rings. The van der Waals surface area contributed by atoms with Crippen LogP contribution in [0, 0.1) is 13.8 Å². The summed E-state index contributed by atoms with van der Waals surface area (Å²) in [5, 5.41) is 4.01. The molecular formula is C21H21N3O2. The summed E-state index contributed by atoms with van der Waals surface area (Å²) in [4.78, 5) is 19.0. The molecular weight excluding hydrogens is 326 g/mol. The summed E-state index contributed by atoms with van der Waals surface area (Å²) in [7, 11) is 0. The maximum absolute atomic E-state index is 12.9. The molecule has 0 aliphatic carbocycles. The second-order valence-electron chi connectivity index (χ2n) is 6.17. The van der Waals surface area contributed by atoms with Crippen LogP contribution >= 0.6 is 0 Å². The van der Waals surface area contributed by atoms with Crippen LogP contribution in [0.15, 0.2) is 65.7 Å². The monoisotopic (exact) mass is 347 g/mol. The van der Waals surface area contributed by atoms with Crippen molar-refractivity contribution in [2.75, 3.05) is 6.54 Å². The Kier molecular flexibility index (Phi) is 5.27. The minimum atomic E-state index is -0.0816. The van der Waals surface area contributed by atoms with E-state index in [0.717, 1.165) is 16.7 Å². The first-order chi connectivity index (χ1) is 12.6. The van der Waals surface area contributed by atoms with Gasteiger partial charge in [0.2, 0.25) is 11.7 Å². The standard InChI is InChI=1S/C21H21N3O2/c1-4-12-24(21(25)18-11-10-15(2)13-16(18)3)14-19-22-20(23-26-19)17-8-6-5-7-9-17/h4-11,13H,1,12,14H2,2-3H3. The van der Waals surface area contributed by atoms with Crippen LogP contribution in [0.3, 0.4) is 0 Å². The number of carbonyl (C=O) groups excluding carboxylic acids is 1. The number of amides is 1. The summed E-state index contributed by atoms with van der Waals surface area (Å²) >= 11 is 0. The van der Waals surface area contributed by atoms with Crippen molar-refractivity contribution in [3.05, 3.63) is 83.8 Å². The predicted octanol–water partition coefficient (Wildman–Crippen LogP) is 4.18. The van der Waals surface area contributed by atoms with Gasteiger partial charge in [-0.05, 0) is 25.5 Å². The highest BCUT2D eigenvalue weighted by atomic mass is 16.5. The van der Waals surface area contributed by atoms with Crippen LogP contribution < -0.4 is 0 Å². The molecule has 3 aromatic rings. The fourth-order valence-electron chi connectivity index (χ4n) is 2.79. The topological polar surface area (TPSA) is 59.2 Å². The van der Waals surface area contributed by atoms with Crippen molar-refractivity contribution >= 4 is 5.91 Å². The smallest absolute Gasteiger partial charge is 0.254 e. The number of carbonyl (C=O) groups is 1. The van der Waals surface area contributed by atoms with E-state index in [9.17, 15) is 4.79 Å². The molecule has 26 heavy (non-hydrogen) atoms. The van der Waals surface area contributed by atoms with Crippen molar-refractivity contribution in [2.24, 2.45) is 0 Å². The first-order valence-corrected chi connectivity index (χ1v) is 8.44. The quantitative estimate of drug-likeness (QED) is 0.628. The fourth-order valence-corrected chi connectivity index (χ4v) is 2.79. The third-order valence-electron chi connectivity index (χ3n) is 4.08. The van der Waals surface area contributed by atoms with Gasteiger partial charge in [-0.1, -0.05) is 59.3 Å². The van der Waals surface area contributed by atoms with E-state index in [0.29, 0.717) is 23.8 Å². The van der Waals surface area contributed by atoms with Crippen LogP contribution in [0.4, 0.5) is 0 Å². The van der Waals surface area contributed by atoms with E-state index in [2.05, 4.69) is 16.7 Å². The van der Waals surface area contributed by atoms with Gasteiger partial charge in [0.25, 0.3) is 5.91 Å². The Morgan fingerprint density at radius 3 is 2.65 bits per heavy atom. The largest absolute Gasteiger partial charge is 0.337 e. The van der Waals surface area contributed by atoms with Crippen LogP contribution in [-0.4, -0.2) is 27.5 Å². The van der Waals surface area contributed by atoms with Gasteiger partial charge < -0.3 is 9.42 Å². The summed E-state index contributed by atoms with van der Waals surface area (Å²) in [5.74, 6) is 0.823. The van der Waals surface area contributed by atoms with Gasteiger partial charge in [0.15, 0.2) is 0 Å². The first-order valence-electron chi connectivity index (χ1n) is 8.44. The number of aromatic nitrogens is 2. The Morgan fingerprint density at radius 2 is 1.96 bits per heavy atom. The van der Waals surface area contributed by atoms with Crippen LogP contribution in [0.1, 0.15) is 27.4 Å². The molecule has 1 heterocycles. The van der Waals surface area contributed by atoms with Crippen molar-refractivity contribution in [1.29, 1.82) is 0 Å². The molecule has 1 aromatic heterocycles. The van der Waals surface area contributed by atoms with Crippen LogP contribution in [-0.2, 0) is 6.54 Å². The molecule has 0 bridgehead atoms. The molecule has 0 unspecified atom stereocenters. The zero-order valence-electron chi connectivity index (χ0n) is 15.0. The summed E-state index contributed by atoms with van der Waals surface area (Å²) in [6, 6.07) is 15.4. The highest BCUT2D eigenvalue weighted by molar-refractivity contribution is 5.95. The molecule has 1 amide bonds. The second kappa shape index (κ2) is 7.78. The Labute approximate surface area is 153 Å². The second-order valence-corrected chi connectivity index (χ2v) is 6.17. The SMILES string of the molecule is C=CCN(Cc1nc(-c2ccccc2)no1)C(=O)c1ccc(C)cc1C. The lowest BCUT2D eigenvalue weighted by molar-refractivity contribution is 0.0744. The van der Waals surface area contributed by atoms with Crippen molar-refractivity contribution in [2.45, 2.75) is 20.4 Å². The lowest BCUT2D eigenvalue weighted by Crippen LogP contribution is -2.31. The van der Waals surface area contributed by atoms with Crippen LogP contribution in [0.2, 0.25) is 0 Å². The summed E-state index contributed by atoms with van der Waals surface area (Å²) in [5.41, 5.74) is 3.61. The first kappa shape index (κ1) is 17.6. The van der Waals surface area contributed by atoms with Crippen molar-refractivity contribution < 1.29 is 9.32 Å². The lowest BCUT2D eigenvalue weighted by atomic mass is 10.0. The Hall–Kier alpha value is -3.21. The fraction of sp³-hybridized carbons (Fsp3) is 0.190. The molecule has 0 radical (unpaired) electrons. The summed E-state index contributed by atoms with van der Waals surface area (Å²) in [6.45, 7) is 8.32. The highest BCUT2D eigenvalue weighted by Gasteiger charge is 2.20. The van der Waals surface area contributed by atoms with E-state index < -0.39 is 0 Å². The Bertz CT molecular complexity index is 916. The molecule has 0 N–H and O–H groups in total. The van der Waals surface area contributed by atoms with Gasteiger partial charge in [-0.2, -0.15) is 4.98 Å². The Morgan fingerprint density at radius 1 is 1.19 bits per heavy atom. The number of benzene rings is 2. The number of rotatable bonds is 6. The molecule has 132 valence electrons. The van der Waals surface area contributed by atoms with Crippen molar-refractivity contribution in [3.63, 3.8) is 0 Å². The van der Waals surface area contributed by atoms with E-state index in [1.165, 1.54) is 0 Å². The minimum absolute atomic E-state index is 0.0816. The summed E-state index contributed by atoms with van der Waals surface area (Å²) < 4.78 is 5.34. The van der Waals surface area contributed by atoms with Gasteiger partial charge in [-0.3, -0.25) is 4.79 Å². The van der Waals surface area contributed by atoms with Gasteiger partial charge in [0, 0.05) is 17.7 Å². The Balaban J connectivity index is 1.81. The maximum Gasteiger partial charge on any atom is 0.254 e. The highest BCUT2D eigenvalue weighted by Crippen LogP contribution is 2.18. The molecule has 2 aromatic carbocycles. The van der Waals surface area contributed by atoms with Crippen molar-refractivity contribution in [3.8, 4) is 11.4 Å². The third kappa shape index (κ3) is 3.88. The van der Waals surface area contributed by atoms with E-state index >= 15 is 0 Å². The van der Waals surface area contributed by atoms with Gasteiger partial charge in [-0.15, -0.1) is 6.58 Å². The van der Waals surface area contributed by atoms with Gasteiger partial charge in [0.1, 0.15) is 6.54 Å². The van der Waals surface area contributed by atoms with Crippen molar-refractivity contribution in [1.82, 2.24) is 15.0 Å². The molecule has 3 rings (SSSR count). The van der Waals surface area contributed by atoms with Crippen LogP contribution in [0.25, 0.3) is 11.4 Å². The zero-order valence-corrected chi connectivity index (χ0v) is 15.0. The molecule has 0 aliphatic heterocycles. The average molecular weight is 347 g/mol. The maximum atomic E-state index is 12.9. The molecule has 0 atom stereocenters. The van der Waals surface area contributed by atoms with Crippen LogP contribution in [0.5, 0.6) is 0 Å². The lowest BCUT2D eigenvalue weighted by Gasteiger charge is -2.20. The number of aryl methyl sites for hydroxylation is 2. The number of hydrogen-bond acceptors (Lipinski definition) is 4. The van der Waals surface area contributed by atoms with E-state index in [4.69, 9.17) is 4.52 Å². The number of hydrogen-bond donors (Lipinski definition) is 0. The predicted molar refractivity (Wildman–Crippen MR) is 101 cm³/mol. The zero-order chi connectivity index (χ0) is 18.5. The molecule has 0 spiro atoms. The third-order valence-corrected chi connectivity index (χ3v) is 4.08. The van der Waals surface area contributed by atoms with Gasteiger partial charge in [0.05, 0.1) is 0 Å². The minimum Gasteiger partial charge on any atom is -0.337 e.